The molecule has 1 heterocycles. The fourth-order valence-corrected chi connectivity index (χ4v) is 2.68. The Bertz CT molecular complexity index is 772. The van der Waals surface area contributed by atoms with Crippen LogP contribution in [0.3, 0.4) is 0 Å². The van der Waals surface area contributed by atoms with Gasteiger partial charge in [0.2, 0.25) is 0 Å². The Balaban J connectivity index is 2.27. The van der Waals surface area contributed by atoms with Crippen molar-refractivity contribution in [2.45, 2.75) is 18.2 Å². The molecule has 0 aliphatic carbocycles. The third kappa shape index (κ3) is 4.08. The average molecular weight is 305 g/mol. The SMILES string of the molecule is Cc1cc(C#CCCO)cc(NS(=O)(=O)c2cn[nH]c2)c1. The number of rotatable bonds is 4. The van der Waals surface area contributed by atoms with Crippen molar-refractivity contribution in [2.75, 3.05) is 11.3 Å². The molecule has 1 aromatic heterocycles. The van der Waals surface area contributed by atoms with Crippen molar-refractivity contribution in [1.82, 2.24) is 10.2 Å². The molecule has 7 heteroatoms. The Kier molecular flexibility index (Phi) is 4.62. The van der Waals surface area contributed by atoms with Crippen LogP contribution in [0.2, 0.25) is 0 Å². The van der Waals surface area contributed by atoms with Crippen LogP contribution in [-0.4, -0.2) is 30.3 Å². The molecule has 0 saturated carbocycles. The summed E-state index contributed by atoms with van der Waals surface area (Å²) in [5.74, 6) is 5.69. The molecule has 0 fully saturated rings. The van der Waals surface area contributed by atoms with Gasteiger partial charge in [-0.3, -0.25) is 9.82 Å². The number of hydrogen-bond acceptors (Lipinski definition) is 4. The summed E-state index contributed by atoms with van der Waals surface area (Å²) in [4.78, 5) is 0.0666. The van der Waals surface area contributed by atoms with Gasteiger partial charge in [0.1, 0.15) is 4.90 Å². The molecule has 0 radical (unpaired) electrons. The normalized spacial score (nSPS) is 10.8. The van der Waals surface area contributed by atoms with Crippen molar-refractivity contribution in [3.63, 3.8) is 0 Å². The highest BCUT2D eigenvalue weighted by Gasteiger charge is 2.15. The summed E-state index contributed by atoms with van der Waals surface area (Å²) in [5.41, 5.74) is 2.01. The molecule has 0 atom stereocenters. The number of aromatic nitrogens is 2. The third-order valence-corrected chi connectivity index (χ3v) is 3.93. The topological polar surface area (TPSA) is 95.1 Å². The van der Waals surface area contributed by atoms with Crippen molar-refractivity contribution in [3.05, 3.63) is 41.7 Å². The summed E-state index contributed by atoms with van der Waals surface area (Å²) in [7, 11) is -3.66. The maximum Gasteiger partial charge on any atom is 0.265 e. The molecule has 6 nitrogen and oxygen atoms in total. The minimum Gasteiger partial charge on any atom is -0.395 e. The minimum absolute atomic E-state index is 0.00120. The van der Waals surface area contributed by atoms with Crippen molar-refractivity contribution < 1.29 is 13.5 Å². The molecule has 0 saturated heterocycles. The summed E-state index contributed by atoms with van der Waals surface area (Å²) in [5, 5.41) is 14.8. The van der Waals surface area contributed by atoms with Gasteiger partial charge in [0.25, 0.3) is 10.0 Å². The van der Waals surface area contributed by atoms with Crippen LogP contribution in [0.1, 0.15) is 17.5 Å². The van der Waals surface area contributed by atoms with Gasteiger partial charge in [-0.2, -0.15) is 5.10 Å². The lowest BCUT2D eigenvalue weighted by Crippen LogP contribution is -2.12. The van der Waals surface area contributed by atoms with Crippen LogP contribution in [0.4, 0.5) is 5.69 Å². The first kappa shape index (κ1) is 15.1. The lowest BCUT2D eigenvalue weighted by molar-refractivity contribution is 0.305. The van der Waals surface area contributed by atoms with E-state index in [2.05, 4.69) is 26.8 Å². The first-order chi connectivity index (χ1) is 10.0. The monoisotopic (exact) mass is 305 g/mol. The van der Waals surface area contributed by atoms with E-state index in [0.29, 0.717) is 17.7 Å². The van der Waals surface area contributed by atoms with E-state index in [1.807, 2.05) is 13.0 Å². The summed E-state index contributed by atoms with van der Waals surface area (Å²) in [6.07, 6.45) is 2.92. The number of H-pyrrole nitrogens is 1. The summed E-state index contributed by atoms with van der Waals surface area (Å²) < 4.78 is 26.7. The number of aromatic amines is 1. The van der Waals surface area contributed by atoms with Gasteiger partial charge in [-0.15, -0.1) is 0 Å². The second-order valence-electron chi connectivity index (χ2n) is 4.40. The standard InChI is InChI=1S/C14H15N3O3S/c1-11-6-12(4-2-3-5-18)8-13(7-11)17-21(19,20)14-9-15-16-10-14/h6-10,17-18H,3,5H2,1H3,(H,15,16). The maximum absolute atomic E-state index is 12.1. The first-order valence-electron chi connectivity index (χ1n) is 6.24. The summed E-state index contributed by atoms with van der Waals surface area (Å²) in [6, 6.07) is 5.21. The lowest BCUT2D eigenvalue weighted by atomic mass is 10.1. The fourth-order valence-electron chi connectivity index (χ4n) is 1.73. The predicted octanol–water partition coefficient (Wildman–Crippen LogP) is 1.25. The van der Waals surface area contributed by atoms with Crippen LogP contribution < -0.4 is 4.72 Å². The number of nitrogens with zero attached hydrogens (tertiary/aromatic N) is 1. The fraction of sp³-hybridized carbons (Fsp3) is 0.214. The van der Waals surface area contributed by atoms with Gasteiger partial charge in [-0.05, 0) is 30.7 Å². The van der Waals surface area contributed by atoms with E-state index >= 15 is 0 Å². The van der Waals surface area contributed by atoms with Crippen LogP contribution in [0.25, 0.3) is 0 Å². The van der Waals surface area contributed by atoms with Gasteiger partial charge in [-0.1, -0.05) is 11.8 Å². The van der Waals surface area contributed by atoms with E-state index in [4.69, 9.17) is 5.11 Å². The molecule has 3 N–H and O–H groups in total. The van der Waals surface area contributed by atoms with E-state index in [-0.39, 0.29) is 11.5 Å². The highest BCUT2D eigenvalue weighted by atomic mass is 32.2. The molecule has 0 spiro atoms. The molecule has 2 rings (SSSR count). The van der Waals surface area contributed by atoms with E-state index in [1.54, 1.807) is 12.1 Å². The summed E-state index contributed by atoms with van der Waals surface area (Å²) in [6.45, 7) is 1.85. The van der Waals surface area contributed by atoms with Crippen LogP contribution in [0.15, 0.2) is 35.5 Å². The van der Waals surface area contributed by atoms with E-state index in [9.17, 15) is 8.42 Å². The van der Waals surface area contributed by atoms with E-state index in [0.717, 1.165) is 5.56 Å². The largest absolute Gasteiger partial charge is 0.395 e. The van der Waals surface area contributed by atoms with Gasteiger partial charge in [0.15, 0.2) is 0 Å². The zero-order valence-corrected chi connectivity index (χ0v) is 12.2. The molecule has 0 unspecified atom stereocenters. The highest BCUT2D eigenvalue weighted by molar-refractivity contribution is 7.92. The molecule has 0 bridgehead atoms. The van der Waals surface area contributed by atoms with E-state index < -0.39 is 10.0 Å². The molecule has 0 aliphatic heterocycles. The van der Waals surface area contributed by atoms with Crippen molar-refractivity contribution in [1.29, 1.82) is 0 Å². The van der Waals surface area contributed by atoms with Crippen LogP contribution in [0, 0.1) is 18.8 Å². The van der Waals surface area contributed by atoms with Crippen molar-refractivity contribution >= 4 is 15.7 Å². The van der Waals surface area contributed by atoms with Gasteiger partial charge >= 0.3 is 0 Å². The van der Waals surface area contributed by atoms with E-state index in [1.165, 1.54) is 12.4 Å². The smallest absolute Gasteiger partial charge is 0.265 e. The number of aliphatic hydroxyl groups excluding tert-OH is 1. The summed E-state index contributed by atoms with van der Waals surface area (Å²) >= 11 is 0. The molecule has 2 aromatic rings. The maximum atomic E-state index is 12.1. The molecule has 0 aliphatic rings. The zero-order valence-electron chi connectivity index (χ0n) is 11.4. The Morgan fingerprint density at radius 1 is 1.38 bits per heavy atom. The van der Waals surface area contributed by atoms with Gasteiger partial charge in [0, 0.05) is 18.2 Å². The van der Waals surface area contributed by atoms with Gasteiger partial charge in [0.05, 0.1) is 18.5 Å². The Morgan fingerprint density at radius 2 is 2.19 bits per heavy atom. The number of hydrogen-bond donors (Lipinski definition) is 3. The quantitative estimate of drug-likeness (QED) is 0.741. The molecule has 21 heavy (non-hydrogen) atoms. The lowest BCUT2D eigenvalue weighted by Gasteiger charge is -2.07. The van der Waals surface area contributed by atoms with Crippen molar-refractivity contribution in [2.24, 2.45) is 0 Å². The average Bonchev–Trinajstić information content (AvgIpc) is 2.92. The Hall–Kier alpha value is -2.30. The van der Waals surface area contributed by atoms with Crippen molar-refractivity contribution in [3.8, 4) is 11.8 Å². The Morgan fingerprint density at radius 3 is 2.86 bits per heavy atom. The zero-order chi connectivity index (χ0) is 15.3. The molecule has 110 valence electrons. The number of sulfonamides is 1. The van der Waals surface area contributed by atoms with Gasteiger partial charge in [-0.25, -0.2) is 8.42 Å². The number of benzene rings is 1. The number of nitrogens with one attached hydrogen (secondary N) is 2. The van der Waals surface area contributed by atoms with Crippen LogP contribution in [0.5, 0.6) is 0 Å². The number of anilines is 1. The first-order valence-corrected chi connectivity index (χ1v) is 7.72. The Labute approximate surface area is 123 Å². The second-order valence-corrected chi connectivity index (χ2v) is 6.09. The predicted molar refractivity (Wildman–Crippen MR) is 79.2 cm³/mol. The number of aryl methyl sites for hydroxylation is 1. The second kappa shape index (κ2) is 6.43. The third-order valence-electron chi connectivity index (χ3n) is 2.58. The molecule has 0 amide bonds. The van der Waals surface area contributed by atoms with Crippen LogP contribution >= 0.6 is 0 Å². The highest BCUT2D eigenvalue weighted by Crippen LogP contribution is 2.18. The van der Waals surface area contributed by atoms with Gasteiger partial charge < -0.3 is 5.11 Å². The number of aliphatic hydroxyl groups is 1. The minimum atomic E-state index is -3.66. The van der Waals surface area contributed by atoms with Crippen LogP contribution in [-0.2, 0) is 10.0 Å². The molecular weight excluding hydrogens is 290 g/mol. The molecular formula is C14H15N3O3S. The molecule has 1 aromatic carbocycles.